The van der Waals surface area contributed by atoms with Crippen LogP contribution in [0.3, 0.4) is 0 Å². The smallest absolute Gasteiger partial charge is 0.251 e. The number of nitrogens with zero attached hydrogens (tertiary/aromatic N) is 2. The Labute approximate surface area is 201 Å². The fraction of sp³-hybridized carbons (Fsp3) is 0.615. The molecule has 1 aromatic rings. The molecule has 2 heterocycles. The topological polar surface area (TPSA) is 113 Å². The third kappa shape index (κ3) is 4.95. The molecule has 4 rings (SSSR count). The molecule has 0 radical (unpaired) electrons. The molecule has 184 valence electrons. The summed E-state index contributed by atoms with van der Waals surface area (Å²) in [6.07, 6.45) is 6.11. The molecular weight excluding hydrogens is 432 g/mol. The first-order valence-corrected chi connectivity index (χ1v) is 12.6. The van der Waals surface area contributed by atoms with E-state index in [1.807, 2.05) is 13.8 Å². The Balaban J connectivity index is 1.47. The molecule has 0 bridgehead atoms. The maximum Gasteiger partial charge on any atom is 0.251 e. The number of ketones is 1. The molecule has 1 aromatic carbocycles. The van der Waals surface area contributed by atoms with Gasteiger partial charge in [0.25, 0.3) is 5.91 Å². The highest BCUT2D eigenvalue weighted by Crippen LogP contribution is 2.34. The quantitative estimate of drug-likeness (QED) is 0.623. The Kier molecular flexibility index (Phi) is 7.24. The van der Waals surface area contributed by atoms with Crippen molar-refractivity contribution in [2.75, 3.05) is 18.8 Å². The fourth-order valence-corrected chi connectivity index (χ4v) is 5.71. The second-order valence-electron chi connectivity index (χ2n) is 10.4. The summed E-state index contributed by atoms with van der Waals surface area (Å²) in [6.45, 7) is 4.49. The summed E-state index contributed by atoms with van der Waals surface area (Å²) < 4.78 is 0. The third-order valence-electron chi connectivity index (χ3n) is 7.43. The first-order chi connectivity index (χ1) is 16.3. The van der Waals surface area contributed by atoms with Crippen LogP contribution >= 0.6 is 0 Å². The van der Waals surface area contributed by atoms with Gasteiger partial charge in [-0.15, -0.1) is 0 Å². The molecule has 1 saturated carbocycles. The van der Waals surface area contributed by atoms with E-state index in [4.69, 9.17) is 5.73 Å². The molecule has 8 heteroatoms. The van der Waals surface area contributed by atoms with E-state index < -0.39 is 12.1 Å². The molecule has 2 saturated heterocycles. The van der Waals surface area contributed by atoms with Crippen LogP contribution in [0.4, 0.5) is 5.69 Å². The number of amides is 3. The number of hydrogen-bond donors (Lipinski definition) is 2. The van der Waals surface area contributed by atoms with Gasteiger partial charge in [0, 0.05) is 23.7 Å². The van der Waals surface area contributed by atoms with Crippen molar-refractivity contribution in [2.24, 2.45) is 11.8 Å². The largest absolute Gasteiger partial charge is 0.399 e. The van der Waals surface area contributed by atoms with Crippen molar-refractivity contribution < 1.29 is 19.2 Å². The van der Waals surface area contributed by atoms with Gasteiger partial charge in [0.15, 0.2) is 5.78 Å². The van der Waals surface area contributed by atoms with Crippen molar-refractivity contribution in [3.63, 3.8) is 0 Å². The van der Waals surface area contributed by atoms with Gasteiger partial charge in [-0.1, -0.05) is 33.1 Å². The molecule has 3 atom stereocenters. The number of nitrogens with one attached hydrogen (secondary N) is 1. The van der Waals surface area contributed by atoms with Crippen molar-refractivity contribution in [3.05, 3.63) is 29.8 Å². The van der Waals surface area contributed by atoms with Gasteiger partial charge < -0.3 is 20.9 Å². The molecule has 0 spiro atoms. The third-order valence-corrected chi connectivity index (χ3v) is 7.43. The lowest BCUT2D eigenvalue weighted by atomic mass is 9.88. The lowest BCUT2D eigenvalue weighted by Crippen LogP contribution is -2.53. The van der Waals surface area contributed by atoms with Crippen molar-refractivity contribution in [1.29, 1.82) is 0 Å². The van der Waals surface area contributed by atoms with Crippen LogP contribution in [0.1, 0.15) is 69.2 Å². The Morgan fingerprint density at radius 1 is 1.03 bits per heavy atom. The van der Waals surface area contributed by atoms with Gasteiger partial charge in [0.05, 0.1) is 12.6 Å². The van der Waals surface area contributed by atoms with Gasteiger partial charge in [-0.25, -0.2) is 0 Å². The van der Waals surface area contributed by atoms with Crippen molar-refractivity contribution in [2.45, 2.75) is 76.9 Å². The van der Waals surface area contributed by atoms with Crippen LogP contribution in [0, 0.1) is 11.8 Å². The van der Waals surface area contributed by atoms with E-state index in [-0.39, 0.29) is 47.9 Å². The van der Waals surface area contributed by atoms with E-state index in [2.05, 4.69) is 5.32 Å². The predicted octanol–water partition coefficient (Wildman–Crippen LogP) is 2.37. The number of Topliss-reactive ketones (excluding diaryl/α,β-unsaturated/α-hetero) is 1. The zero-order valence-electron chi connectivity index (χ0n) is 20.2. The van der Waals surface area contributed by atoms with Crippen LogP contribution in [-0.4, -0.2) is 64.5 Å². The first-order valence-electron chi connectivity index (χ1n) is 12.6. The van der Waals surface area contributed by atoms with Gasteiger partial charge in [0.2, 0.25) is 11.8 Å². The highest BCUT2D eigenvalue weighted by molar-refractivity contribution is 6.01. The number of nitrogen functional groups attached to an aromatic ring is 1. The lowest BCUT2D eigenvalue weighted by Gasteiger charge is -2.30. The van der Waals surface area contributed by atoms with Crippen LogP contribution in [0.25, 0.3) is 0 Å². The van der Waals surface area contributed by atoms with E-state index in [0.29, 0.717) is 30.6 Å². The standard InChI is InChI=1S/C26H36N4O4/c1-16(2)14-20(28-24(32)17-8-10-19(27)11-9-17)26(34)29-13-12-21-23(29)22(31)15-30(21)25(33)18-6-4-3-5-7-18/h8-11,16,18,20-21,23H,3-7,12-15,27H2,1-2H3,(H,28,32). The lowest BCUT2D eigenvalue weighted by molar-refractivity contribution is -0.138. The molecule has 3 fully saturated rings. The second-order valence-corrected chi connectivity index (χ2v) is 10.4. The summed E-state index contributed by atoms with van der Waals surface area (Å²) in [6, 6.07) is 4.95. The fourth-order valence-electron chi connectivity index (χ4n) is 5.71. The van der Waals surface area contributed by atoms with Gasteiger partial charge in [-0.05, 0) is 55.9 Å². The monoisotopic (exact) mass is 468 g/mol. The SMILES string of the molecule is CC(C)CC(NC(=O)c1ccc(N)cc1)C(=O)N1CCC2C1C(=O)CN2C(=O)C1CCCCC1. The molecule has 3 N–H and O–H groups in total. The molecule has 3 aliphatic rings. The normalized spacial score (nSPS) is 23.8. The summed E-state index contributed by atoms with van der Waals surface area (Å²) in [5.41, 5.74) is 6.70. The molecule has 1 aliphatic carbocycles. The molecule has 3 amide bonds. The number of carbonyl (C=O) groups excluding carboxylic acids is 4. The second kappa shape index (κ2) is 10.2. The average Bonchev–Trinajstić information content (AvgIpc) is 3.39. The number of hydrogen-bond acceptors (Lipinski definition) is 5. The number of anilines is 1. The molecule has 34 heavy (non-hydrogen) atoms. The van der Waals surface area contributed by atoms with Crippen LogP contribution in [-0.2, 0) is 14.4 Å². The number of carbonyl (C=O) groups is 4. The Hall–Kier alpha value is -2.90. The minimum atomic E-state index is -0.736. The van der Waals surface area contributed by atoms with E-state index in [1.54, 1.807) is 34.1 Å². The number of fused-ring (bicyclic) bond motifs is 1. The molecule has 3 unspecified atom stereocenters. The molecular formula is C26H36N4O4. The summed E-state index contributed by atoms with van der Waals surface area (Å²) >= 11 is 0. The number of benzene rings is 1. The van der Waals surface area contributed by atoms with Crippen LogP contribution in [0.2, 0.25) is 0 Å². The van der Waals surface area contributed by atoms with Crippen molar-refractivity contribution >= 4 is 29.2 Å². The van der Waals surface area contributed by atoms with Crippen LogP contribution in [0.15, 0.2) is 24.3 Å². The molecule has 8 nitrogen and oxygen atoms in total. The van der Waals surface area contributed by atoms with E-state index >= 15 is 0 Å². The van der Waals surface area contributed by atoms with E-state index in [9.17, 15) is 19.2 Å². The predicted molar refractivity (Wildman–Crippen MR) is 129 cm³/mol. The van der Waals surface area contributed by atoms with Crippen molar-refractivity contribution in [3.8, 4) is 0 Å². The summed E-state index contributed by atoms with van der Waals surface area (Å²) in [5, 5.41) is 2.88. The maximum atomic E-state index is 13.6. The number of nitrogens with two attached hydrogens (primary N) is 1. The Morgan fingerprint density at radius 2 is 1.71 bits per heavy atom. The Bertz CT molecular complexity index is 939. The van der Waals surface area contributed by atoms with Gasteiger partial charge in [0.1, 0.15) is 12.1 Å². The zero-order chi connectivity index (χ0) is 24.4. The van der Waals surface area contributed by atoms with Gasteiger partial charge >= 0.3 is 0 Å². The summed E-state index contributed by atoms with van der Waals surface area (Å²) in [5.74, 6) is -0.425. The first kappa shape index (κ1) is 24.2. The average molecular weight is 469 g/mol. The maximum absolute atomic E-state index is 13.6. The Morgan fingerprint density at radius 3 is 2.35 bits per heavy atom. The summed E-state index contributed by atoms with van der Waals surface area (Å²) in [7, 11) is 0. The highest BCUT2D eigenvalue weighted by Gasteiger charge is 2.52. The summed E-state index contributed by atoms with van der Waals surface area (Å²) in [4.78, 5) is 56.0. The van der Waals surface area contributed by atoms with Crippen LogP contribution in [0.5, 0.6) is 0 Å². The molecule has 2 aliphatic heterocycles. The zero-order valence-corrected chi connectivity index (χ0v) is 20.2. The number of likely N-dealkylation sites (tertiary alicyclic amines) is 2. The minimum absolute atomic E-state index is 0.00191. The highest BCUT2D eigenvalue weighted by atomic mass is 16.2. The van der Waals surface area contributed by atoms with Gasteiger partial charge in [-0.2, -0.15) is 0 Å². The van der Waals surface area contributed by atoms with E-state index in [0.717, 1.165) is 32.1 Å². The van der Waals surface area contributed by atoms with Gasteiger partial charge in [-0.3, -0.25) is 19.2 Å². The number of rotatable bonds is 6. The van der Waals surface area contributed by atoms with Crippen LogP contribution < -0.4 is 11.1 Å². The van der Waals surface area contributed by atoms with E-state index in [1.165, 1.54) is 0 Å². The molecule has 0 aromatic heterocycles. The van der Waals surface area contributed by atoms with Crippen molar-refractivity contribution in [1.82, 2.24) is 15.1 Å². The minimum Gasteiger partial charge on any atom is -0.399 e.